The van der Waals surface area contributed by atoms with Crippen molar-refractivity contribution in [3.8, 4) is 0 Å². The average molecular weight is 154 g/mol. The third kappa shape index (κ3) is 2.18. The van der Waals surface area contributed by atoms with Crippen molar-refractivity contribution in [2.45, 2.75) is 19.8 Å². The molecule has 60 valence electrons. The molecule has 1 heterocycles. The zero-order valence-electron chi connectivity index (χ0n) is 6.42. The lowest BCUT2D eigenvalue weighted by Gasteiger charge is -1.95. The van der Waals surface area contributed by atoms with Crippen LogP contribution < -0.4 is 0 Å². The Balaban J connectivity index is 2.37. The van der Waals surface area contributed by atoms with E-state index in [4.69, 9.17) is 0 Å². The van der Waals surface area contributed by atoms with Crippen LogP contribution in [0.1, 0.15) is 19.8 Å². The van der Waals surface area contributed by atoms with Gasteiger partial charge in [-0.1, -0.05) is 0 Å². The molecule has 0 fully saturated rings. The maximum Gasteiger partial charge on any atom is 0.334 e. The molecule has 3 nitrogen and oxygen atoms in total. The fourth-order valence-electron chi connectivity index (χ4n) is 0.909. The summed E-state index contributed by atoms with van der Waals surface area (Å²) in [5.41, 5.74) is 0.639. The molecule has 0 aromatic carbocycles. The van der Waals surface area contributed by atoms with E-state index in [1.165, 1.54) is 6.92 Å². The predicted octanol–water partition coefficient (Wildman–Crippen LogP) is 0.839. The van der Waals surface area contributed by atoms with Crippen molar-refractivity contribution in [3.05, 3.63) is 11.6 Å². The number of ether oxygens (including phenoxy) is 1. The van der Waals surface area contributed by atoms with Crippen LogP contribution in [0.3, 0.4) is 0 Å². The summed E-state index contributed by atoms with van der Waals surface area (Å²) in [6, 6.07) is 0. The molecule has 0 bridgehead atoms. The second-order valence-corrected chi connectivity index (χ2v) is 2.53. The molecule has 0 aromatic heterocycles. The fourth-order valence-corrected chi connectivity index (χ4v) is 0.909. The van der Waals surface area contributed by atoms with Gasteiger partial charge < -0.3 is 9.53 Å². The zero-order valence-corrected chi connectivity index (χ0v) is 6.42. The Morgan fingerprint density at radius 1 is 1.73 bits per heavy atom. The molecule has 0 N–H and O–H groups in total. The Kier molecular flexibility index (Phi) is 2.41. The number of rotatable bonds is 3. The van der Waals surface area contributed by atoms with Crippen LogP contribution in [0.4, 0.5) is 0 Å². The number of esters is 1. The third-order valence-corrected chi connectivity index (χ3v) is 1.55. The first kappa shape index (κ1) is 7.98. The zero-order chi connectivity index (χ0) is 8.27. The van der Waals surface area contributed by atoms with Crippen molar-refractivity contribution in [1.29, 1.82) is 0 Å². The summed E-state index contributed by atoms with van der Waals surface area (Å²) in [5, 5.41) is 0. The minimum Gasteiger partial charge on any atom is -0.458 e. The van der Waals surface area contributed by atoms with E-state index in [-0.39, 0.29) is 11.8 Å². The maximum absolute atomic E-state index is 10.8. The van der Waals surface area contributed by atoms with Crippen LogP contribution >= 0.6 is 0 Å². The van der Waals surface area contributed by atoms with Gasteiger partial charge in [-0.15, -0.1) is 0 Å². The molecule has 1 aliphatic rings. The smallest absolute Gasteiger partial charge is 0.334 e. The summed E-state index contributed by atoms with van der Waals surface area (Å²) < 4.78 is 4.65. The van der Waals surface area contributed by atoms with Gasteiger partial charge in [-0.3, -0.25) is 0 Å². The summed E-state index contributed by atoms with van der Waals surface area (Å²) in [4.78, 5) is 21.3. The average Bonchev–Trinajstić information content (AvgIpc) is 2.31. The highest BCUT2D eigenvalue weighted by atomic mass is 16.5. The number of carbonyl (C=O) groups is 2. The second kappa shape index (κ2) is 3.32. The van der Waals surface area contributed by atoms with Crippen molar-refractivity contribution in [1.82, 2.24) is 0 Å². The minimum atomic E-state index is -0.272. The summed E-state index contributed by atoms with van der Waals surface area (Å²) in [7, 11) is 0. The first-order valence-electron chi connectivity index (χ1n) is 3.56. The van der Waals surface area contributed by atoms with Crippen molar-refractivity contribution in [3.63, 3.8) is 0 Å². The number of ketones is 1. The molecule has 0 radical (unpaired) electrons. The second-order valence-electron chi connectivity index (χ2n) is 2.53. The van der Waals surface area contributed by atoms with E-state index in [0.717, 1.165) is 0 Å². The van der Waals surface area contributed by atoms with E-state index in [0.29, 0.717) is 25.0 Å². The van der Waals surface area contributed by atoms with Gasteiger partial charge >= 0.3 is 5.97 Å². The van der Waals surface area contributed by atoms with Crippen LogP contribution in [0.15, 0.2) is 11.6 Å². The minimum absolute atomic E-state index is 0.102. The van der Waals surface area contributed by atoms with Crippen LogP contribution in [-0.2, 0) is 14.3 Å². The van der Waals surface area contributed by atoms with Crippen LogP contribution in [0.25, 0.3) is 0 Å². The highest BCUT2D eigenvalue weighted by Crippen LogP contribution is 2.12. The quantitative estimate of drug-likeness (QED) is 0.566. The molecule has 0 spiro atoms. The van der Waals surface area contributed by atoms with E-state index in [1.54, 1.807) is 6.08 Å². The Labute approximate surface area is 65.0 Å². The molecule has 1 rings (SSSR count). The number of cyclic esters (lactones) is 1. The topological polar surface area (TPSA) is 43.4 Å². The van der Waals surface area contributed by atoms with Gasteiger partial charge in [0.05, 0.1) is 0 Å². The first-order valence-corrected chi connectivity index (χ1v) is 3.56. The number of carbonyl (C=O) groups excluding carboxylic acids is 2. The van der Waals surface area contributed by atoms with E-state index >= 15 is 0 Å². The highest BCUT2D eigenvalue weighted by Gasteiger charge is 2.15. The van der Waals surface area contributed by atoms with Gasteiger partial charge in [0.2, 0.25) is 0 Å². The molecule has 3 heteroatoms. The van der Waals surface area contributed by atoms with Crippen LogP contribution in [-0.4, -0.2) is 18.4 Å². The van der Waals surface area contributed by atoms with Gasteiger partial charge in [0, 0.05) is 12.0 Å². The van der Waals surface area contributed by atoms with Gasteiger partial charge in [-0.05, 0) is 19.4 Å². The predicted molar refractivity (Wildman–Crippen MR) is 39.0 cm³/mol. The van der Waals surface area contributed by atoms with Crippen molar-refractivity contribution in [2.24, 2.45) is 0 Å². The Bertz CT molecular complexity index is 215. The standard InChI is InChI=1S/C8H10O3/c1-6(9)2-3-7-4-5-11-8(7)10/h4H,2-3,5H2,1H3. The summed E-state index contributed by atoms with van der Waals surface area (Å²) in [5.74, 6) is -0.170. The van der Waals surface area contributed by atoms with Crippen LogP contribution in [0, 0.1) is 0 Å². The molecule has 1 aliphatic heterocycles. The maximum atomic E-state index is 10.8. The first-order chi connectivity index (χ1) is 5.20. The lowest BCUT2D eigenvalue weighted by atomic mass is 10.1. The number of hydrogen-bond acceptors (Lipinski definition) is 3. The van der Waals surface area contributed by atoms with Crippen LogP contribution in [0.5, 0.6) is 0 Å². The molecule has 0 atom stereocenters. The normalized spacial score (nSPS) is 16.1. The summed E-state index contributed by atoms with van der Waals surface area (Å²) in [6.45, 7) is 1.88. The van der Waals surface area contributed by atoms with E-state index in [1.807, 2.05) is 0 Å². The monoisotopic (exact) mass is 154 g/mol. The van der Waals surface area contributed by atoms with E-state index < -0.39 is 0 Å². The fraction of sp³-hybridized carbons (Fsp3) is 0.500. The van der Waals surface area contributed by atoms with Crippen LogP contribution in [0.2, 0.25) is 0 Å². The Morgan fingerprint density at radius 3 is 2.91 bits per heavy atom. The SMILES string of the molecule is CC(=O)CCC1=CCOC1=O. The molecule has 11 heavy (non-hydrogen) atoms. The van der Waals surface area contributed by atoms with Gasteiger partial charge in [0.25, 0.3) is 0 Å². The lowest BCUT2D eigenvalue weighted by Crippen LogP contribution is -2.01. The van der Waals surface area contributed by atoms with Crippen molar-refractivity contribution in [2.75, 3.05) is 6.61 Å². The van der Waals surface area contributed by atoms with Crippen molar-refractivity contribution >= 4 is 11.8 Å². The molecule has 0 aromatic rings. The highest BCUT2D eigenvalue weighted by molar-refractivity contribution is 5.91. The largest absolute Gasteiger partial charge is 0.458 e. The number of hydrogen-bond donors (Lipinski definition) is 0. The molecule has 0 unspecified atom stereocenters. The van der Waals surface area contributed by atoms with Gasteiger partial charge in [0.15, 0.2) is 0 Å². The van der Waals surface area contributed by atoms with Gasteiger partial charge in [-0.2, -0.15) is 0 Å². The molecule has 0 aliphatic carbocycles. The lowest BCUT2D eigenvalue weighted by molar-refractivity contribution is -0.136. The summed E-state index contributed by atoms with van der Waals surface area (Å²) in [6.07, 6.45) is 2.68. The molecule has 0 saturated carbocycles. The molecule has 0 saturated heterocycles. The Hall–Kier alpha value is -1.12. The van der Waals surface area contributed by atoms with E-state index in [2.05, 4.69) is 4.74 Å². The number of Topliss-reactive ketones (excluding diaryl/α,β-unsaturated/α-hetero) is 1. The van der Waals surface area contributed by atoms with Gasteiger partial charge in [0.1, 0.15) is 12.4 Å². The van der Waals surface area contributed by atoms with Crippen molar-refractivity contribution < 1.29 is 14.3 Å². The van der Waals surface area contributed by atoms with E-state index in [9.17, 15) is 9.59 Å². The summed E-state index contributed by atoms with van der Waals surface area (Å²) >= 11 is 0. The molecular weight excluding hydrogens is 144 g/mol. The Morgan fingerprint density at radius 2 is 2.45 bits per heavy atom. The molecule has 0 amide bonds. The molecular formula is C8H10O3. The van der Waals surface area contributed by atoms with Gasteiger partial charge in [-0.25, -0.2) is 4.79 Å². The third-order valence-electron chi connectivity index (χ3n) is 1.55.